The molecule has 0 aromatic heterocycles. The highest BCUT2D eigenvalue weighted by Crippen LogP contribution is 2.37. The molecular weight excluding hydrogens is 555 g/mol. The van der Waals surface area contributed by atoms with Gasteiger partial charge >= 0.3 is 19.2 Å². The van der Waals surface area contributed by atoms with E-state index >= 15 is 0 Å². The van der Waals surface area contributed by atoms with Crippen molar-refractivity contribution < 1.29 is 43.0 Å². The summed E-state index contributed by atoms with van der Waals surface area (Å²) in [6.07, 6.45) is -0.635. The van der Waals surface area contributed by atoms with Gasteiger partial charge in [0.15, 0.2) is 0 Å². The number of alkyl carbamates (subject to hydrolysis) is 1. The van der Waals surface area contributed by atoms with Gasteiger partial charge in [-0.25, -0.2) is 9.59 Å². The number of rotatable bonds is 10. The molecule has 1 aliphatic rings. The van der Waals surface area contributed by atoms with E-state index in [4.69, 9.17) is 23.5 Å². The summed E-state index contributed by atoms with van der Waals surface area (Å²) >= 11 is 0. The Kier molecular flexibility index (Phi) is 10.4. The van der Waals surface area contributed by atoms with Crippen LogP contribution in [0, 0.1) is 0 Å². The van der Waals surface area contributed by atoms with Crippen LogP contribution in [0.15, 0.2) is 42.5 Å². The van der Waals surface area contributed by atoms with Gasteiger partial charge in [-0.3, -0.25) is 4.79 Å². The third-order valence-electron chi connectivity index (χ3n) is 7.43. The SMILES string of the molecule is COC(=O)[C@H](Cc1ccc(OC)c(B2OC(C)(C)C(C)(C)O2)c1)NC(=O)[C@H](Cc1ccc(O)cc1)NC(=O)OC(C)(C)C. The average Bonchev–Trinajstić information content (AvgIpc) is 3.13. The van der Waals surface area contributed by atoms with Gasteiger partial charge in [-0.05, 0) is 77.8 Å². The molecule has 43 heavy (non-hydrogen) atoms. The van der Waals surface area contributed by atoms with Crippen LogP contribution in [0.3, 0.4) is 0 Å². The molecule has 3 rings (SSSR count). The Morgan fingerprint density at radius 3 is 1.98 bits per heavy atom. The second kappa shape index (κ2) is 13.3. The van der Waals surface area contributed by atoms with E-state index in [1.807, 2.05) is 33.8 Å². The minimum Gasteiger partial charge on any atom is -0.508 e. The second-order valence-corrected chi connectivity index (χ2v) is 12.5. The minimum absolute atomic E-state index is 0.0648. The Balaban J connectivity index is 1.86. The maximum atomic E-state index is 13.6. The van der Waals surface area contributed by atoms with E-state index in [1.165, 1.54) is 19.2 Å². The van der Waals surface area contributed by atoms with Crippen molar-refractivity contribution in [2.75, 3.05) is 14.2 Å². The maximum Gasteiger partial charge on any atom is 0.498 e. The Hall–Kier alpha value is -3.77. The quantitative estimate of drug-likeness (QED) is 0.278. The molecule has 0 spiro atoms. The normalized spacial score (nSPS) is 17.0. The number of nitrogens with one attached hydrogen (secondary N) is 2. The fourth-order valence-corrected chi connectivity index (χ4v) is 4.44. The van der Waals surface area contributed by atoms with E-state index in [2.05, 4.69) is 10.6 Å². The zero-order valence-electron chi connectivity index (χ0n) is 26.4. The number of hydrogen-bond acceptors (Lipinski definition) is 9. The predicted molar refractivity (Wildman–Crippen MR) is 161 cm³/mol. The molecule has 3 N–H and O–H groups in total. The maximum absolute atomic E-state index is 13.6. The van der Waals surface area contributed by atoms with E-state index in [-0.39, 0.29) is 18.6 Å². The highest BCUT2D eigenvalue weighted by atomic mass is 16.7. The van der Waals surface area contributed by atoms with E-state index in [0.29, 0.717) is 22.3 Å². The summed E-state index contributed by atoms with van der Waals surface area (Å²) in [4.78, 5) is 39.0. The van der Waals surface area contributed by atoms with Crippen LogP contribution in [0.25, 0.3) is 0 Å². The van der Waals surface area contributed by atoms with Crippen molar-refractivity contribution in [2.24, 2.45) is 0 Å². The lowest BCUT2D eigenvalue weighted by molar-refractivity contribution is -0.145. The molecule has 0 aliphatic carbocycles. The van der Waals surface area contributed by atoms with Crippen LogP contribution in [0.5, 0.6) is 11.5 Å². The van der Waals surface area contributed by atoms with Crippen molar-refractivity contribution in [3.05, 3.63) is 53.6 Å². The molecule has 234 valence electrons. The van der Waals surface area contributed by atoms with Gasteiger partial charge in [0.2, 0.25) is 5.91 Å². The first-order valence-electron chi connectivity index (χ1n) is 14.1. The van der Waals surface area contributed by atoms with Gasteiger partial charge in [-0.1, -0.05) is 24.3 Å². The lowest BCUT2D eigenvalue weighted by Gasteiger charge is -2.32. The molecule has 12 heteroatoms. The number of carbonyl (C=O) groups is 3. The highest BCUT2D eigenvalue weighted by molar-refractivity contribution is 6.63. The van der Waals surface area contributed by atoms with E-state index in [9.17, 15) is 19.5 Å². The molecule has 0 unspecified atom stereocenters. The smallest absolute Gasteiger partial charge is 0.498 e. The molecule has 2 aromatic carbocycles. The number of methoxy groups -OCH3 is 2. The molecule has 2 amide bonds. The monoisotopic (exact) mass is 598 g/mol. The zero-order chi connectivity index (χ0) is 32.2. The molecule has 1 fully saturated rings. The average molecular weight is 599 g/mol. The summed E-state index contributed by atoms with van der Waals surface area (Å²) < 4.78 is 28.4. The first kappa shape index (κ1) is 33.7. The van der Waals surface area contributed by atoms with Crippen molar-refractivity contribution in [1.29, 1.82) is 0 Å². The largest absolute Gasteiger partial charge is 0.508 e. The summed E-state index contributed by atoms with van der Waals surface area (Å²) in [6, 6.07) is 9.41. The molecular formula is C31H43BN2O9. The second-order valence-electron chi connectivity index (χ2n) is 12.5. The Bertz CT molecular complexity index is 1290. The number of ether oxygens (including phenoxy) is 3. The molecule has 0 radical (unpaired) electrons. The van der Waals surface area contributed by atoms with E-state index in [1.54, 1.807) is 52.1 Å². The van der Waals surface area contributed by atoms with Crippen LogP contribution in [0.2, 0.25) is 0 Å². The van der Waals surface area contributed by atoms with Crippen molar-refractivity contribution in [1.82, 2.24) is 10.6 Å². The first-order chi connectivity index (χ1) is 19.9. The van der Waals surface area contributed by atoms with Crippen molar-refractivity contribution >= 4 is 30.6 Å². The summed E-state index contributed by atoms with van der Waals surface area (Å²) in [5.41, 5.74) is 0.0677. The number of hydrogen-bond donors (Lipinski definition) is 3. The number of phenolic OH excluding ortho intramolecular Hbond substituents is 1. The van der Waals surface area contributed by atoms with E-state index < -0.39 is 54.0 Å². The van der Waals surface area contributed by atoms with E-state index in [0.717, 1.165) is 0 Å². The summed E-state index contributed by atoms with van der Waals surface area (Å²) in [7, 11) is 2.07. The van der Waals surface area contributed by atoms with Crippen LogP contribution in [0.1, 0.15) is 59.6 Å². The van der Waals surface area contributed by atoms with Gasteiger partial charge < -0.3 is 39.3 Å². The number of esters is 1. The van der Waals surface area contributed by atoms with Crippen LogP contribution in [-0.2, 0) is 41.2 Å². The Morgan fingerprint density at radius 1 is 0.884 bits per heavy atom. The van der Waals surface area contributed by atoms with Crippen LogP contribution < -0.4 is 20.8 Å². The highest BCUT2D eigenvalue weighted by Gasteiger charge is 2.52. The molecule has 2 aromatic rings. The molecule has 2 atom stereocenters. The van der Waals surface area contributed by atoms with Gasteiger partial charge in [-0.15, -0.1) is 0 Å². The van der Waals surface area contributed by atoms with Crippen LogP contribution >= 0.6 is 0 Å². The van der Waals surface area contributed by atoms with Crippen molar-refractivity contribution in [3.8, 4) is 11.5 Å². The third-order valence-corrected chi connectivity index (χ3v) is 7.43. The zero-order valence-corrected chi connectivity index (χ0v) is 26.4. The molecule has 0 bridgehead atoms. The number of phenols is 1. The van der Waals surface area contributed by atoms with Crippen molar-refractivity contribution in [3.63, 3.8) is 0 Å². The summed E-state index contributed by atoms with van der Waals surface area (Å²) in [5, 5.41) is 15.0. The van der Waals surface area contributed by atoms with Crippen LogP contribution in [0.4, 0.5) is 4.79 Å². The fraction of sp³-hybridized carbons (Fsp3) is 0.516. The molecule has 1 saturated heterocycles. The summed E-state index contributed by atoms with van der Waals surface area (Å²) in [5.74, 6) is -0.664. The Morgan fingerprint density at radius 2 is 1.44 bits per heavy atom. The number of carbonyl (C=O) groups excluding carboxylic acids is 3. The Labute approximate surface area is 253 Å². The standard InChI is InChI=1S/C31H43BN2O9/c1-29(2,3)41-28(38)34-23(17-19-10-13-21(35)14-11-19)26(36)33-24(27(37)40-9)18-20-12-15-25(39-8)22(16-20)32-42-30(4,5)31(6,7)43-32/h10-16,23-24,35H,17-18H2,1-9H3,(H,33,36)(H,34,38)/t23-,24-/m0/s1. The predicted octanol–water partition coefficient (Wildman–Crippen LogP) is 3.04. The van der Waals surface area contributed by atoms with Gasteiger partial charge in [0, 0.05) is 18.3 Å². The fourth-order valence-electron chi connectivity index (χ4n) is 4.44. The third kappa shape index (κ3) is 8.87. The number of aromatic hydroxyl groups is 1. The molecule has 1 aliphatic heterocycles. The van der Waals surface area contributed by atoms with Gasteiger partial charge in [-0.2, -0.15) is 0 Å². The lowest BCUT2D eigenvalue weighted by atomic mass is 9.77. The lowest BCUT2D eigenvalue weighted by Crippen LogP contribution is -2.54. The minimum atomic E-state index is -1.09. The number of benzene rings is 2. The molecule has 11 nitrogen and oxygen atoms in total. The topological polar surface area (TPSA) is 142 Å². The molecule has 1 heterocycles. The van der Waals surface area contributed by atoms with Gasteiger partial charge in [0.25, 0.3) is 0 Å². The first-order valence-corrected chi connectivity index (χ1v) is 14.1. The number of amides is 2. The van der Waals surface area contributed by atoms with Crippen molar-refractivity contribution in [2.45, 2.75) is 90.2 Å². The van der Waals surface area contributed by atoms with Crippen LogP contribution in [-0.4, -0.2) is 73.3 Å². The van der Waals surface area contributed by atoms with Gasteiger partial charge in [0.05, 0.1) is 25.4 Å². The van der Waals surface area contributed by atoms with Gasteiger partial charge in [0.1, 0.15) is 29.2 Å². The summed E-state index contributed by atoms with van der Waals surface area (Å²) in [6.45, 7) is 12.9. The molecule has 0 saturated carbocycles.